The van der Waals surface area contributed by atoms with Crippen LogP contribution in [0.15, 0.2) is 12.3 Å². The predicted octanol–water partition coefficient (Wildman–Crippen LogP) is 1.03. The summed E-state index contributed by atoms with van der Waals surface area (Å²) in [6, 6.07) is 1.30. The van der Waals surface area contributed by atoms with Crippen molar-refractivity contribution in [3.63, 3.8) is 0 Å². The predicted molar refractivity (Wildman–Crippen MR) is 113 cm³/mol. The smallest absolute Gasteiger partial charge is 0.264 e. The molecule has 2 aromatic heterocycles. The summed E-state index contributed by atoms with van der Waals surface area (Å²) in [7, 11) is 0. The first-order chi connectivity index (χ1) is 16.0. The molecule has 2 aromatic rings. The van der Waals surface area contributed by atoms with Crippen LogP contribution in [0.1, 0.15) is 30.7 Å². The van der Waals surface area contributed by atoms with E-state index in [1.54, 1.807) is 0 Å². The topological polar surface area (TPSA) is 121 Å². The molecule has 0 aliphatic carbocycles. The molecule has 3 N–H and O–H groups in total. The van der Waals surface area contributed by atoms with Gasteiger partial charge in [-0.2, -0.15) is 9.97 Å². The summed E-state index contributed by atoms with van der Waals surface area (Å²) < 4.78 is 45.1. The fraction of sp³-hybridized carbons (Fsp3) is 0.619. The SMILES string of the molecule is Nc1nccc(C(F)F)c1-c1nc(N2C3COCC2COC3)nc(C23CCC(COC2)N3)n1. The molecule has 4 aliphatic rings. The summed E-state index contributed by atoms with van der Waals surface area (Å²) in [6.07, 6.45) is 0.216. The lowest BCUT2D eigenvalue weighted by Crippen LogP contribution is -2.60. The van der Waals surface area contributed by atoms with Crippen molar-refractivity contribution in [3.8, 4) is 11.4 Å². The standard InChI is InChI=1S/C21H25F2N7O3/c22-16(23)14-2-4-25-17(24)15(14)18-26-19(21-3-1-11(29-21)5-33-10-21)28-20(27-18)30-12-6-31-8-13(30)9-32-7-12/h2,4,11-13,16,29H,1,3,5-10H2,(H2,24,25). The van der Waals surface area contributed by atoms with E-state index in [-0.39, 0.29) is 40.9 Å². The van der Waals surface area contributed by atoms with Crippen molar-refractivity contribution in [2.24, 2.45) is 0 Å². The van der Waals surface area contributed by atoms with E-state index in [0.29, 0.717) is 51.4 Å². The minimum absolute atomic E-state index is 0.0368. The molecule has 0 radical (unpaired) electrons. The number of alkyl halides is 2. The zero-order chi connectivity index (χ0) is 22.6. The van der Waals surface area contributed by atoms with Crippen LogP contribution >= 0.6 is 0 Å². The van der Waals surface area contributed by atoms with Gasteiger partial charge in [0.05, 0.1) is 57.3 Å². The molecule has 4 fully saturated rings. The van der Waals surface area contributed by atoms with Crippen LogP contribution in [0.25, 0.3) is 11.4 Å². The molecule has 0 aromatic carbocycles. The van der Waals surface area contributed by atoms with Crippen LogP contribution < -0.4 is 16.0 Å². The second-order valence-electron chi connectivity index (χ2n) is 9.01. The Morgan fingerprint density at radius 3 is 2.55 bits per heavy atom. The summed E-state index contributed by atoms with van der Waals surface area (Å²) in [5.41, 5.74) is 5.25. The van der Waals surface area contributed by atoms with Gasteiger partial charge in [-0.3, -0.25) is 5.32 Å². The van der Waals surface area contributed by atoms with Crippen LogP contribution in [0.2, 0.25) is 0 Å². The molecular weight excluding hydrogens is 436 g/mol. The number of aromatic nitrogens is 4. The normalized spacial score (nSPS) is 31.2. The fourth-order valence-corrected chi connectivity index (χ4v) is 5.26. The van der Waals surface area contributed by atoms with Crippen molar-refractivity contribution in [3.05, 3.63) is 23.7 Å². The third kappa shape index (κ3) is 3.52. The van der Waals surface area contributed by atoms with Crippen LogP contribution in [0.3, 0.4) is 0 Å². The van der Waals surface area contributed by atoms with Gasteiger partial charge in [0, 0.05) is 17.8 Å². The Morgan fingerprint density at radius 1 is 1.06 bits per heavy atom. The Bertz CT molecular complexity index is 1030. The molecule has 0 amide bonds. The molecule has 4 bridgehead atoms. The van der Waals surface area contributed by atoms with Crippen LogP contribution in [0.5, 0.6) is 0 Å². The number of pyridine rings is 1. The van der Waals surface area contributed by atoms with E-state index in [4.69, 9.17) is 24.9 Å². The molecular formula is C21H25F2N7O3. The van der Waals surface area contributed by atoms with E-state index in [9.17, 15) is 8.78 Å². The molecule has 0 saturated carbocycles. The van der Waals surface area contributed by atoms with Gasteiger partial charge in [-0.05, 0) is 18.9 Å². The lowest BCUT2D eigenvalue weighted by Gasteiger charge is -2.45. The number of hydrogen-bond acceptors (Lipinski definition) is 10. The second kappa shape index (κ2) is 8.05. The highest BCUT2D eigenvalue weighted by Gasteiger charge is 2.47. The molecule has 176 valence electrons. The number of nitrogens with two attached hydrogens (primary N) is 1. The molecule has 0 spiro atoms. The zero-order valence-electron chi connectivity index (χ0n) is 17.9. The van der Waals surface area contributed by atoms with E-state index in [1.807, 2.05) is 0 Å². The summed E-state index contributed by atoms with van der Waals surface area (Å²) >= 11 is 0. The molecule has 10 nitrogen and oxygen atoms in total. The Labute approximate surface area is 188 Å². The number of fused-ring (bicyclic) bond motifs is 4. The maximum atomic E-state index is 13.9. The Kier molecular flexibility index (Phi) is 5.13. The first-order valence-electron chi connectivity index (χ1n) is 11.1. The number of anilines is 2. The van der Waals surface area contributed by atoms with Crippen molar-refractivity contribution >= 4 is 11.8 Å². The number of hydrogen-bond donors (Lipinski definition) is 2. The maximum absolute atomic E-state index is 13.9. The fourth-order valence-electron chi connectivity index (χ4n) is 5.26. The third-order valence-electron chi connectivity index (χ3n) is 6.85. The number of rotatable bonds is 4. The number of nitrogens with zero attached hydrogens (tertiary/aromatic N) is 5. The quantitative estimate of drug-likeness (QED) is 0.683. The van der Waals surface area contributed by atoms with Gasteiger partial charge in [-0.25, -0.2) is 18.7 Å². The number of ether oxygens (including phenoxy) is 3. The van der Waals surface area contributed by atoms with Crippen molar-refractivity contribution in [2.75, 3.05) is 50.3 Å². The monoisotopic (exact) mass is 461 g/mol. The van der Waals surface area contributed by atoms with Crippen LogP contribution in [0.4, 0.5) is 20.5 Å². The number of nitrogen functional groups attached to an aromatic ring is 1. The van der Waals surface area contributed by atoms with Gasteiger partial charge in [0.25, 0.3) is 6.43 Å². The molecule has 4 aliphatic heterocycles. The molecule has 2 unspecified atom stereocenters. The average Bonchev–Trinajstić information content (AvgIpc) is 3.12. The number of nitrogens with one attached hydrogen (secondary N) is 1. The van der Waals surface area contributed by atoms with E-state index >= 15 is 0 Å². The van der Waals surface area contributed by atoms with Crippen molar-refractivity contribution in [2.45, 2.75) is 42.9 Å². The minimum atomic E-state index is -2.75. The summed E-state index contributed by atoms with van der Waals surface area (Å²) in [4.78, 5) is 20.3. The maximum Gasteiger partial charge on any atom is 0.264 e. The molecule has 12 heteroatoms. The van der Waals surface area contributed by atoms with E-state index in [0.717, 1.165) is 12.8 Å². The van der Waals surface area contributed by atoms with Crippen molar-refractivity contribution < 1.29 is 23.0 Å². The molecule has 6 rings (SSSR count). The first-order valence-corrected chi connectivity index (χ1v) is 11.1. The van der Waals surface area contributed by atoms with Crippen molar-refractivity contribution in [1.82, 2.24) is 25.3 Å². The number of halogens is 2. The Balaban J connectivity index is 1.53. The largest absolute Gasteiger partial charge is 0.383 e. The van der Waals surface area contributed by atoms with Crippen LogP contribution in [-0.4, -0.2) is 77.7 Å². The zero-order valence-corrected chi connectivity index (χ0v) is 17.9. The van der Waals surface area contributed by atoms with Gasteiger partial charge in [0.1, 0.15) is 11.4 Å². The van der Waals surface area contributed by atoms with Gasteiger partial charge in [-0.1, -0.05) is 0 Å². The lowest BCUT2D eigenvalue weighted by atomic mass is 9.97. The van der Waals surface area contributed by atoms with E-state index < -0.39 is 12.0 Å². The molecule has 6 heterocycles. The molecule has 4 saturated heterocycles. The lowest BCUT2D eigenvalue weighted by molar-refractivity contribution is -0.0356. The van der Waals surface area contributed by atoms with Crippen molar-refractivity contribution in [1.29, 1.82) is 0 Å². The van der Waals surface area contributed by atoms with E-state index in [1.165, 1.54) is 12.3 Å². The molecule has 33 heavy (non-hydrogen) atoms. The van der Waals surface area contributed by atoms with E-state index in [2.05, 4.69) is 25.2 Å². The summed E-state index contributed by atoms with van der Waals surface area (Å²) in [5.74, 6) is 0.923. The number of morpholine rings is 3. The van der Waals surface area contributed by atoms with Gasteiger partial charge in [0.2, 0.25) is 5.95 Å². The van der Waals surface area contributed by atoms with Gasteiger partial charge in [0.15, 0.2) is 11.6 Å². The average molecular weight is 461 g/mol. The Hall–Kier alpha value is -2.54. The van der Waals surface area contributed by atoms with Gasteiger partial charge >= 0.3 is 0 Å². The highest BCUT2D eigenvalue weighted by atomic mass is 19.3. The highest BCUT2D eigenvalue weighted by Crippen LogP contribution is 2.39. The highest BCUT2D eigenvalue weighted by molar-refractivity contribution is 5.73. The second-order valence-corrected chi connectivity index (χ2v) is 9.01. The summed E-state index contributed by atoms with van der Waals surface area (Å²) in [5, 5.41) is 3.59. The van der Waals surface area contributed by atoms with Crippen LogP contribution in [-0.2, 0) is 19.7 Å². The minimum Gasteiger partial charge on any atom is -0.383 e. The molecule has 2 atom stereocenters. The first kappa shape index (κ1) is 21.0. The van der Waals surface area contributed by atoms with Gasteiger partial charge < -0.3 is 24.8 Å². The summed E-state index contributed by atoms with van der Waals surface area (Å²) in [6.45, 7) is 2.91. The third-order valence-corrected chi connectivity index (χ3v) is 6.85. The van der Waals surface area contributed by atoms with Gasteiger partial charge in [-0.15, -0.1) is 0 Å². The Morgan fingerprint density at radius 2 is 1.82 bits per heavy atom. The van der Waals surface area contributed by atoms with Crippen LogP contribution in [0, 0.1) is 0 Å².